The van der Waals surface area contributed by atoms with E-state index in [4.69, 9.17) is 9.47 Å². The molecule has 3 rings (SSSR count). The van der Waals surface area contributed by atoms with Gasteiger partial charge in [-0.3, -0.25) is 0 Å². The van der Waals surface area contributed by atoms with E-state index in [9.17, 15) is 0 Å². The van der Waals surface area contributed by atoms with Gasteiger partial charge in [-0.05, 0) is 31.5 Å². The van der Waals surface area contributed by atoms with Crippen LogP contribution < -0.4 is 14.8 Å². The van der Waals surface area contributed by atoms with Crippen molar-refractivity contribution in [3.63, 3.8) is 0 Å². The Bertz CT molecular complexity index is 582. The van der Waals surface area contributed by atoms with E-state index in [1.807, 2.05) is 24.3 Å². The van der Waals surface area contributed by atoms with Crippen molar-refractivity contribution in [3.05, 3.63) is 24.3 Å². The van der Waals surface area contributed by atoms with Crippen LogP contribution in [-0.2, 0) is 0 Å². The summed E-state index contributed by atoms with van der Waals surface area (Å²) in [6.07, 6.45) is 3.64. The van der Waals surface area contributed by atoms with Crippen molar-refractivity contribution in [3.8, 4) is 11.8 Å². The van der Waals surface area contributed by atoms with Crippen molar-refractivity contribution >= 4 is 11.0 Å². The average molecular weight is 273 g/mol. The number of para-hydroxylation sites is 2. The van der Waals surface area contributed by atoms with Crippen LogP contribution in [-0.4, -0.2) is 36.3 Å². The van der Waals surface area contributed by atoms with Gasteiger partial charge in [0.15, 0.2) is 0 Å². The second-order valence-electron chi connectivity index (χ2n) is 4.98. The Morgan fingerprint density at radius 3 is 2.55 bits per heavy atom. The molecule has 0 amide bonds. The zero-order valence-corrected chi connectivity index (χ0v) is 11.6. The standard InChI is InChI=1S/C15H19N3O2/c1-19-14-15(20-10-11-6-4-5-9-16-11)18-13-8-3-2-7-12(13)17-14/h2-3,7-8,11,16H,4-6,9-10H2,1H3/t11-/m1/s1. The molecule has 0 radical (unpaired) electrons. The van der Waals surface area contributed by atoms with Gasteiger partial charge in [-0.1, -0.05) is 18.6 Å². The zero-order valence-electron chi connectivity index (χ0n) is 11.6. The molecule has 1 saturated heterocycles. The number of benzene rings is 1. The lowest BCUT2D eigenvalue weighted by atomic mass is 10.1. The van der Waals surface area contributed by atoms with E-state index in [1.165, 1.54) is 12.8 Å². The Balaban J connectivity index is 1.78. The SMILES string of the molecule is COc1nc2ccccc2nc1OC[C@H]1CCCCN1. The van der Waals surface area contributed by atoms with Crippen LogP contribution in [0.4, 0.5) is 0 Å². The molecule has 1 fully saturated rings. The van der Waals surface area contributed by atoms with Gasteiger partial charge in [-0.25, -0.2) is 9.97 Å². The largest absolute Gasteiger partial charge is 0.477 e. The predicted molar refractivity (Wildman–Crippen MR) is 77.2 cm³/mol. The van der Waals surface area contributed by atoms with Crippen LogP contribution in [0.15, 0.2) is 24.3 Å². The van der Waals surface area contributed by atoms with E-state index in [1.54, 1.807) is 7.11 Å². The van der Waals surface area contributed by atoms with Crippen LogP contribution in [0.2, 0.25) is 0 Å². The van der Waals surface area contributed by atoms with Gasteiger partial charge in [0, 0.05) is 6.04 Å². The third kappa shape index (κ3) is 2.82. The number of hydrogen-bond donors (Lipinski definition) is 1. The lowest BCUT2D eigenvalue weighted by Gasteiger charge is -2.23. The highest BCUT2D eigenvalue weighted by Gasteiger charge is 2.16. The summed E-state index contributed by atoms with van der Waals surface area (Å²) in [5, 5.41) is 3.45. The Kier molecular flexibility index (Phi) is 3.97. The smallest absolute Gasteiger partial charge is 0.278 e. The maximum Gasteiger partial charge on any atom is 0.278 e. The Hall–Kier alpha value is -1.88. The fraction of sp³-hybridized carbons (Fsp3) is 0.467. The molecule has 1 aromatic heterocycles. The summed E-state index contributed by atoms with van der Waals surface area (Å²) in [7, 11) is 1.59. The van der Waals surface area contributed by atoms with Crippen molar-refractivity contribution in [2.45, 2.75) is 25.3 Å². The Morgan fingerprint density at radius 2 is 1.90 bits per heavy atom. The van der Waals surface area contributed by atoms with Gasteiger partial charge in [-0.15, -0.1) is 0 Å². The minimum absolute atomic E-state index is 0.390. The first-order chi connectivity index (χ1) is 9.86. The number of hydrogen-bond acceptors (Lipinski definition) is 5. The van der Waals surface area contributed by atoms with Crippen LogP contribution in [0.1, 0.15) is 19.3 Å². The second-order valence-corrected chi connectivity index (χ2v) is 4.98. The minimum Gasteiger partial charge on any atom is -0.477 e. The molecule has 20 heavy (non-hydrogen) atoms. The lowest BCUT2D eigenvalue weighted by Crippen LogP contribution is -2.38. The molecule has 2 aromatic rings. The highest BCUT2D eigenvalue weighted by atomic mass is 16.5. The van der Waals surface area contributed by atoms with E-state index in [2.05, 4.69) is 15.3 Å². The topological polar surface area (TPSA) is 56.3 Å². The fourth-order valence-corrected chi connectivity index (χ4v) is 2.44. The molecule has 0 spiro atoms. The molecular formula is C15H19N3O2. The fourth-order valence-electron chi connectivity index (χ4n) is 2.44. The first kappa shape index (κ1) is 13.1. The Labute approximate surface area is 118 Å². The number of methoxy groups -OCH3 is 1. The summed E-state index contributed by atoms with van der Waals surface area (Å²) in [4.78, 5) is 8.92. The number of piperidine rings is 1. The highest BCUT2D eigenvalue weighted by molar-refractivity contribution is 5.75. The molecule has 1 N–H and O–H groups in total. The van der Waals surface area contributed by atoms with Crippen LogP contribution in [0.25, 0.3) is 11.0 Å². The number of nitrogens with one attached hydrogen (secondary N) is 1. The minimum atomic E-state index is 0.390. The lowest BCUT2D eigenvalue weighted by molar-refractivity contribution is 0.221. The third-order valence-electron chi connectivity index (χ3n) is 3.54. The van der Waals surface area contributed by atoms with Crippen molar-refractivity contribution in [1.82, 2.24) is 15.3 Å². The average Bonchev–Trinajstić information content (AvgIpc) is 2.53. The summed E-state index contributed by atoms with van der Waals surface area (Å²) >= 11 is 0. The zero-order chi connectivity index (χ0) is 13.8. The molecule has 1 aromatic carbocycles. The van der Waals surface area contributed by atoms with Gasteiger partial charge in [0.05, 0.1) is 18.1 Å². The van der Waals surface area contributed by atoms with Gasteiger partial charge in [-0.2, -0.15) is 0 Å². The first-order valence-corrected chi connectivity index (χ1v) is 7.04. The number of aromatic nitrogens is 2. The quantitative estimate of drug-likeness (QED) is 0.925. The molecule has 0 unspecified atom stereocenters. The maximum absolute atomic E-state index is 5.81. The van der Waals surface area contributed by atoms with Crippen molar-refractivity contribution in [2.24, 2.45) is 0 Å². The van der Waals surface area contributed by atoms with E-state index in [0.717, 1.165) is 24.0 Å². The van der Waals surface area contributed by atoms with Gasteiger partial charge in [0.25, 0.3) is 11.8 Å². The molecule has 5 nitrogen and oxygen atoms in total. The maximum atomic E-state index is 5.81. The monoisotopic (exact) mass is 273 g/mol. The number of fused-ring (bicyclic) bond motifs is 1. The predicted octanol–water partition coefficient (Wildman–Crippen LogP) is 2.16. The van der Waals surface area contributed by atoms with Crippen molar-refractivity contribution in [2.75, 3.05) is 20.3 Å². The number of rotatable bonds is 4. The van der Waals surface area contributed by atoms with Gasteiger partial charge >= 0.3 is 0 Å². The van der Waals surface area contributed by atoms with Gasteiger partial charge in [0.1, 0.15) is 6.61 Å². The van der Waals surface area contributed by atoms with Crippen LogP contribution in [0.3, 0.4) is 0 Å². The molecule has 1 atom stereocenters. The number of nitrogens with zero attached hydrogens (tertiary/aromatic N) is 2. The normalized spacial score (nSPS) is 18.9. The van der Waals surface area contributed by atoms with Crippen LogP contribution >= 0.6 is 0 Å². The molecular weight excluding hydrogens is 254 g/mol. The van der Waals surface area contributed by atoms with E-state index < -0.39 is 0 Å². The molecule has 0 saturated carbocycles. The molecule has 0 aliphatic carbocycles. The summed E-state index contributed by atoms with van der Waals surface area (Å²) in [6, 6.07) is 8.10. The van der Waals surface area contributed by atoms with E-state index >= 15 is 0 Å². The molecule has 5 heteroatoms. The van der Waals surface area contributed by atoms with Gasteiger partial charge in [0.2, 0.25) is 0 Å². The van der Waals surface area contributed by atoms with Crippen molar-refractivity contribution in [1.29, 1.82) is 0 Å². The summed E-state index contributed by atoms with van der Waals surface area (Å²) in [5.74, 6) is 0.915. The summed E-state index contributed by atoms with van der Waals surface area (Å²) in [6.45, 7) is 1.66. The molecule has 0 bridgehead atoms. The second kappa shape index (κ2) is 6.05. The first-order valence-electron chi connectivity index (χ1n) is 7.04. The Morgan fingerprint density at radius 1 is 1.15 bits per heavy atom. The summed E-state index contributed by atoms with van der Waals surface area (Å²) in [5.41, 5.74) is 1.63. The van der Waals surface area contributed by atoms with E-state index in [-0.39, 0.29) is 0 Å². The third-order valence-corrected chi connectivity index (χ3v) is 3.54. The summed E-state index contributed by atoms with van der Waals surface area (Å²) < 4.78 is 11.1. The van der Waals surface area contributed by atoms with Crippen LogP contribution in [0.5, 0.6) is 11.8 Å². The van der Waals surface area contributed by atoms with Gasteiger partial charge < -0.3 is 14.8 Å². The van der Waals surface area contributed by atoms with E-state index in [0.29, 0.717) is 24.4 Å². The molecule has 1 aliphatic heterocycles. The van der Waals surface area contributed by atoms with Crippen LogP contribution in [0, 0.1) is 0 Å². The van der Waals surface area contributed by atoms with Crippen molar-refractivity contribution < 1.29 is 9.47 Å². The molecule has 2 heterocycles. The number of ether oxygens (including phenoxy) is 2. The molecule has 1 aliphatic rings. The highest BCUT2D eigenvalue weighted by Crippen LogP contribution is 2.25. The molecule has 106 valence electrons.